The number of carboxylic acids is 1. The number of amides is 2. The largest absolute Gasteiger partial charge is 0.478 e. The van der Waals surface area contributed by atoms with Crippen molar-refractivity contribution in [3.8, 4) is 0 Å². The average molecular weight is 682 g/mol. The van der Waals surface area contributed by atoms with E-state index in [-0.39, 0.29) is 23.3 Å². The van der Waals surface area contributed by atoms with Gasteiger partial charge >= 0.3 is 5.97 Å². The zero-order valence-corrected chi connectivity index (χ0v) is 28.5. The monoisotopic (exact) mass is 681 g/mol. The topological polar surface area (TPSA) is 116 Å². The van der Waals surface area contributed by atoms with Crippen molar-refractivity contribution in [1.82, 2.24) is 23.6 Å². The number of benzene rings is 1. The number of hydrogen-bond donors (Lipinski definition) is 4. The fourth-order valence-corrected chi connectivity index (χ4v) is 5.85. The molecule has 0 aliphatic rings. The summed E-state index contributed by atoms with van der Waals surface area (Å²) in [5.41, 5.74) is 2.23. The van der Waals surface area contributed by atoms with E-state index in [0.717, 1.165) is 23.0 Å². The van der Waals surface area contributed by atoms with Crippen LogP contribution in [0.4, 0.5) is 0 Å². The normalized spacial score (nSPS) is 15.1. The number of aryl methyl sites for hydroxylation is 1. The predicted octanol–water partition coefficient (Wildman–Crippen LogP) is 4.53. The maximum absolute atomic E-state index is 14.0. The molecule has 0 aliphatic heterocycles. The standard InChI is InChI=1S/C31H48IN5O4/c1-18(2)23(14-19(3)29(40)41)37(11)28(39)26(30(4,5)6)35-27(38)25(33-9)31(7,8)22-17-36(10)24-15-20(16-34-32)12-13-21(22)24/h12-15,17-18,23,25-26,33-34H,16H2,1-11H3,(H,35,38)(H,40,41)/b19-14+/t23-,25?,26-/m1/s1. The first-order valence-electron chi connectivity index (χ1n) is 14.0. The maximum atomic E-state index is 14.0. The molecule has 0 saturated heterocycles. The Bertz CT molecular complexity index is 1290. The van der Waals surface area contributed by atoms with Crippen LogP contribution < -0.4 is 14.2 Å². The van der Waals surface area contributed by atoms with Gasteiger partial charge in [0.2, 0.25) is 11.8 Å². The molecule has 9 nitrogen and oxygen atoms in total. The lowest BCUT2D eigenvalue weighted by Gasteiger charge is -2.39. The molecular formula is C31H48IN5O4. The van der Waals surface area contributed by atoms with Crippen LogP contribution >= 0.6 is 22.9 Å². The van der Waals surface area contributed by atoms with Crippen LogP contribution in [0.2, 0.25) is 0 Å². The Hall–Kier alpha value is -2.44. The second kappa shape index (κ2) is 13.7. The van der Waals surface area contributed by atoms with Gasteiger partial charge in [-0.25, -0.2) is 4.79 Å². The van der Waals surface area contributed by atoms with Crippen molar-refractivity contribution >= 4 is 51.6 Å². The van der Waals surface area contributed by atoms with Gasteiger partial charge in [-0.05, 0) is 42.5 Å². The van der Waals surface area contributed by atoms with Crippen molar-refractivity contribution in [3.63, 3.8) is 0 Å². The SMILES string of the molecule is CNC(C(=O)N[C@H](C(=O)N(C)[C@H](/C=C(\C)C(=O)O)C(C)C)C(C)(C)C)C(C)(C)c1cn(C)c2cc(CNI)ccc12. The maximum Gasteiger partial charge on any atom is 0.331 e. The van der Waals surface area contributed by atoms with Gasteiger partial charge in [-0.1, -0.05) is 66.7 Å². The Labute approximate surface area is 259 Å². The number of nitrogens with zero attached hydrogens (tertiary/aromatic N) is 2. The summed E-state index contributed by atoms with van der Waals surface area (Å²) in [6, 6.07) is 4.45. The fraction of sp³-hybridized carbons (Fsp3) is 0.581. The molecular weight excluding hydrogens is 633 g/mol. The van der Waals surface area contributed by atoms with E-state index in [0.29, 0.717) is 0 Å². The van der Waals surface area contributed by atoms with Gasteiger partial charge in [0, 0.05) is 71.6 Å². The van der Waals surface area contributed by atoms with Gasteiger partial charge in [0.1, 0.15) is 6.04 Å². The van der Waals surface area contributed by atoms with Crippen molar-refractivity contribution in [1.29, 1.82) is 0 Å². The predicted molar refractivity (Wildman–Crippen MR) is 174 cm³/mol. The number of aromatic nitrogens is 1. The Morgan fingerprint density at radius 3 is 2.22 bits per heavy atom. The van der Waals surface area contributed by atoms with Gasteiger partial charge in [0.25, 0.3) is 0 Å². The fourth-order valence-electron chi connectivity index (χ4n) is 5.41. The molecule has 4 N–H and O–H groups in total. The van der Waals surface area contributed by atoms with Crippen molar-refractivity contribution in [2.75, 3.05) is 14.1 Å². The minimum atomic E-state index is -1.03. The highest BCUT2D eigenvalue weighted by Gasteiger charge is 2.42. The molecule has 0 aliphatic carbocycles. The lowest BCUT2D eigenvalue weighted by Crippen LogP contribution is -2.61. The lowest BCUT2D eigenvalue weighted by atomic mass is 9.76. The molecule has 0 radical (unpaired) electrons. The van der Waals surface area contributed by atoms with Gasteiger partial charge in [0.15, 0.2) is 0 Å². The van der Waals surface area contributed by atoms with Crippen LogP contribution in [-0.2, 0) is 33.4 Å². The van der Waals surface area contributed by atoms with E-state index < -0.39 is 34.9 Å². The van der Waals surface area contributed by atoms with Crippen LogP contribution in [0, 0.1) is 11.3 Å². The summed E-state index contributed by atoms with van der Waals surface area (Å²) in [6.45, 7) is 16.0. The minimum Gasteiger partial charge on any atom is -0.478 e. The third-order valence-corrected chi connectivity index (χ3v) is 8.31. The number of nitrogens with one attached hydrogen (secondary N) is 3. The molecule has 10 heteroatoms. The number of hydrogen-bond acceptors (Lipinski definition) is 5. The highest BCUT2D eigenvalue weighted by atomic mass is 127. The number of carboxylic acid groups (broad SMARTS) is 1. The smallest absolute Gasteiger partial charge is 0.331 e. The first kappa shape index (κ1) is 34.8. The number of halogens is 1. The molecule has 2 rings (SSSR count). The molecule has 1 heterocycles. The quantitative estimate of drug-likeness (QED) is 0.149. The molecule has 228 valence electrons. The third-order valence-electron chi connectivity index (χ3n) is 7.93. The molecule has 0 saturated carbocycles. The summed E-state index contributed by atoms with van der Waals surface area (Å²) < 4.78 is 5.25. The van der Waals surface area contributed by atoms with Crippen LogP contribution in [0.1, 0.15) is 66.5 Å². The summed E-state index contributed by atoms with van der Waals surface area (Å²) >= 11 is 2.14. The van der Waals surface area contributed by atoms with Crippen LogP contribution in [0.5, 0.6) is 0 Å². The van der Waals surface area contributed by atoms with E-state index in [1.54, 1.807) is 25.1 Å². The average Bonchev–Trinajstić information content (AvgIpc) is 3.21. The molecule has 41 heavy (non-hydrogen) atoms. The van der Waals surface area contributed by atoms with E-state index in [1.807, 2.05) is 55.5 Å². The van der Waals surface area contributed by atoms with E-state index in [2.05, 4.69) is 66.0 Å². The van der Waals surface area contributed by atoms with E-state index in [1.165, 1.54) is 12.5 Å². The first-order valence-corrected chi connectivity index (χ1v) is 15.0. The van der Waals surface area contributed by atoms with Crippen molar-refractivity contribution < 1.29 is 19.5 Å². The van der Waals surface area contributed by atoms with Crippen LogP contribution in [-0.4, -0.2) is 64.6 Å². The van der Waals surface area contributed by atoms with Crippen LogP contribution in [0.15, 0.2) is 36.0 Å². The van der Waals surface area contributed by atoms with E-state index in [9.17, 15) is 19.5 Å². The van der Waals surface area contributed by atoms with Gasteiger partial charge in [-0.3, -0.25) is 13.1 Å². The summed E-state index contributed by atoms with van der Waals surface area (Å²) in [4.78, 5) is 41.0. The zero-order valence-electron chi connectivity index (χ0n) is 26.3. The van der Waals surface area contributed by atoms with Gasteiger partial charge in [-0.15, -0.1) is 0 Å². The van der Waals surface area contributed by atoms with Gasteiger partial charge < -0.3 is 25.2 Å². The molecule has 0 bridgehead atoms. The Morgan fingerprint density at radius 1 is 1.12 bits per heavy atom. The third kappa shape index (κ3) is 7.90. The molecule has 0 spiro atoms. The number of aliphatic carboxylic acids is 1. The van der Waals surface area contributed by atoms with Crippen molar-refractivity contribution in [2.24, 2.45) is 18.4 Å². The molecule has 1 aromatic carbocycles. The van der Waals surface area contributed by atoms with Crippen LogP contribution in [0.3, 0.4) is 0 Å². The number of carbonyl (C=O) groups is 3. The van der Waals surface area contributed by atoms with Gasteiger partial charge in [0.05, 0.1) is 12.1 Å². The summed E-state index contributed by atoms with van der Waals surface area (Å²) in [6.07, 6.45) is 3.68. The van der Waals surface area contributed by atoms with Gasteiger partial charge in [-0.2, -0.15) is 0 Å². The Balaban J connectivity index is 2.46. The lowest BCUT2D eigenvalue weighted by molar-refractivity contribution is -0.141. The van der Waals surface area contributed by atoms with E-state index in [4.69, 9.17) is 0 Å². The number of carbonyl (C=O) groups excluding carboxylic acids is 2. The van der Waals surface area contributed by atoms with Crippen molar-refractivity contribution in [3.05, 3.63) is 47.2 Å². The number of likely N-dealkylation sites (N-methyl/N-ethyl adjacent to an activating group) is 2. The molecule has 2 aromatic rings. The summed E-state index contributed by atoms with van der Waals surface area (Å²) in [5, 5.41) is 16.8. The molecule has 1 aromatic heterocycles. The highest BCUT2D eigenvalue weighted by molar-refractivity contribution is 14.1. The second-order valence-electron chi connectivity index (χ2n) is 12.9. The molecule has 3 atom stereocenters. The number of fused-ring (bicyclic) bond motifs is 1. The first-order chi connectivity index (χ1) is 18.9. The molecule has 0 fully saturated rings. The minimum absolute atomic E-state index is 0.0295. The molecule has 2 amide bonds. The summed E-state index contributed by atoms with van der Waals surface area (Å²) in [5.74, 6) is -1.60. The molecule has 1 unspecified atom stereocenters. The van der Waals surface area contributed by atoms with Crippen LogP contribution in [0.25, 0.3) is 10.9 Å². The Morgan fingerprint density at radius 2 is 1.73 bits per heavy atom. The summed E-state index contributed by atoms with van der Waals surface area (Å²) in [7, 11) is 5.43. The highest BCUT2D eigenvalue weighted by Crippen LogP contribution is 2.35. The van der Waals surface area contributed by atoms with Crippen molar-refractivity contribution in [2.45, 2.75) is 85.5 Å². The number of rotatable bonds is 12. The second-order valence-corrected chi connectivity index (χ2v) is 13.7. The van der Waals surface area contributed by atoms with E-state index >= 15 is 0 Å². The Kier molecular flexibility index (Phi) is 11.6. The zero-order chi connectivity index (χ0) is 31.4.